The van der Waals surface area contributed by atoms with Gasteiger partial charge in [0.1, 0.15) is 23.1 Å². The maximum Gasteiger partial charge on any atom is 0.275 e. The molecule has 1 N–H and O–H groups in total. The number of benzene rings is 2. The summed E-state index contributed by atoms with van der Waals surface area (Å²) in [6, 6.07) is 13.1. The number of carbonyl (C=O) groups excluding carboxylic acids is 1. The molecule has 4 nitrogen and oxygen atoms in total. The van der Waals surface area contributed by atoms with E-state index in [1.807, 2.05) is 38.1 Å². The third kappa shape index (κ3) is 4.59. The number of thiazole rings is 1. The molecule has 0 spiro atoms. The summed E-state index contributed by atoms with van der Waals surface area (Å²) in [5.74, 6) is 0.534. The average Bonchev–Trinajstić information content (AvgIpc) is 3.06. The Morgan fingerprint density at radius 3 is 2.68 bits per heavy atom. The van der Waals surface area contributed by atoms with E-state index in [1.54, 1.807) is 23.6 Å². The minimum absolute atomic E-state index is 0.247. The van der Waals surface area contributed by atoms with Gasteiger partial charge in [0.15, 0.2) is 0 Å². The van der Waals surface area contributed by atoms with Gasteiger partial charge in [0, 0.05) is 16.1 Å². The van der Waals surface area contributed by atoms with E-state index in [0.29, 0.717) is 17.3 Å². The van der Waals surface area contributed by atoms with Crippen LogP contribution in [0, 0.1) is 13.8 Å². The number of amides is 1. The van der Waals surface area contributed by atoms with Crippen LogP contribution in [0.4, 0.5) is 5.69 Å². The first kappa shape index (κ1) is 17.5. The number of hydrogen-bond acceptors (Lipinski definition) is 4. The molecule has 3 rings (SSSR count). The first-order valence-corrected chi connectivity index (χ1v) is 8.98. The van der Waals surface area contributed by atoms with Crippen LogP contribution in [0.1, 0.15) is 26.6 Å². The predicted molar refractivity (Wildman–Crippen MR) is 102 cm³/mol. The van der Waals surface area contributed by atoms with Crippen molar-refractivity contribution in [2.24, 2.45) is 0 Å². The maximum atomic E-state index is 12.3. The average molecular weight is 373 g/mol. The van der Waals surface area contributed by atoms with Crippen LogP contribution in [0.3, 0.4) is 0 Å². The molecule has 1 amide bonds. The van der Waals surface area contributed by atoms with Crippen LogP contribution in [0.2, 0.25) is 5.02 Å². The lowest BCUT2D eigenvalue weighted by atomic mass is 10.2. The van der Waals surface area contributed by atoms with Gasteiger partial charge < -0.3 is 10.1 Å². The highest BCUT2D eigenvalue weighted by Crippen LogP contribution is 2.21. The minimum atomic E-state index is -0.247. The molecule has 0 unspecified atom stereocenters. The first-order chi connectivity index (χ1) is 12.0. The van der Waals surface area contributed by atoms with E-state index in [0.717, 1.165) is 22.0 Å². The van der Waals surface area contributed by atoms with Gasteiger partial charge in [-0.05, 0) is 49.7 Å². The second-order valence-corrected chi connectivity index (χ2v) is 7.02. The zero-order valence-corrected chi connectivity index (χ0v) is 15.4. The number of nitrogens with one attached hydrogen (secondary N) is 1. The van der Waals surface area contributed by atoms with Crippen LogP contribution < -0.4 is 10.1 Å². The summed E-state index contributed by atoms with van der Waals surface area (Å²) in [5.41, 5.74) is 3.18. The van der Waals surface area contributed by atoms with Gasteiger partial charge >= 0.3 is 0 Å². The Kier molecular flexibility index (Phi) is 5.36. The molecule has 0 saturated carbocycles. The normalized spacial score (nSPS) is 10.5. The van der Waals surface area contributed by atoms with Crippen molar-refractivity contribution in [3.63, 3.8) is 0 Å². The van der Waals surface area contributed by atoms with Crippen molar-refractivity contribution >= 4 is 34.5 Å². The Hall–Kier alpha value is -2.37. The third-order valence-electron chi connectivity index (χ3n) is 3.60. The highest BCUT2D eigenvalue weighted by atomic mass is 35.5. The van der Waals surface area contributed by atoms with E-state index in [2.05, 4.69) is 10.3 Å². The van der Waals surface area contributed by atoms with Crippen LogP contribution in [0.15, 0.2) is 47.8 Å². The van der Waals surface area contributed by atoms with E-state index in [1.165, 1.54) is 16.9 Å². The van der Waals surface area contributed by atoms with Gasteiger partial charge in [0.2, 0.25) is 0 Å². The molecule has 0 aliphatic carbocycles. The van der Waals surface area contributed by atoms with E-state index in [4.69, 9.17) is 16.3 Å². The third-order valence-corrected chi connectivity index (χ3v) is 4.66. The van der Waals surface area contributed by atoms with Crippen molar-refractivity contribution in [2.75, 3.05) is 5.32 Å². The standard InChI is InChI=1S/C19H17ClN2O2S/c1-12-3-6-15(7-4-12)24-10-18-21-17(11-25-18)19(23)22-16-8-5-14(20)9-13(16)2/h3-9,11H,10H2,1-2H3,(H,22,23). The van der Waals surface area contributed by atoms with E-state index < -0.39 is 0 Å². The molecular formula is C19H17ClN2O2S. The predicted octanol–water partition coefficient (Wildman–Crippen LogP) is 5.24. The molecular weight excluding hydrogens is 356 g/mol. The van der Waals surface area contributed by atoms with Crippen LogP contribution >= 0.6 is 22.9 Å². The Balaban J connectivity index is 1.62. The van der Waals surface area contributed by atoms with Crippen molar-refractivity contribution in [2.45, 2.75) is 20.5 Å². The van der Waals surface area contributed by atoms with Crippen LogP contribution in [-0.4, -0.2) is 10.9 Å². The fourth-order valence-electron chi connectivity index (χ4n) is 2.21. The number of anilines is 1. The van der Waals surface area contributed by atoms with Crippen molar-refractivity contribution in [3.8, 4) is 5.75 Å². The molecule has 128 valence electrons. The van der Waals surface area contributed by atoms with Crippen molar-refractivity contribution < 1.29 is 9.53 Å². The molecule has 3 aromatic rings. The van der Waals surface area contributed by atoms with Crippen molar-refractivity contribution in [3.05, 3.63) is 74.7 Å². The quantitative estimate of drug-likeness (QED) is 0.665. The molecule has 0 fully saturated rings. The number of aromatic nitrogens is 1. The number of carbonyl (C=O) groups is 1. The second-order valence-electron chi connectivity index (χ2n) is 5.64. The summed E-state index contributed by atoms with van der Waals surface area (Å²) in [7, 11) is 0. The summed E-state index contributed by atoms with van der Waals surface area (Å²) < 4.78 is 5.69. The van der Waals surface area contributed by atoms with Crippen LogP contribution in [0.25, 0.3) is 0 Å². The zero-order chi connectivity index (χ0) is 17.8. The fraction of sp³-hybridized carbons (Fsp3) is 0.158. The van der Waals surface area contributed by atoms with E-state index in [-0.39, 0.29) is 5.91 Å². The highest BCUT2D eigenvalue weighted by Gasteiger charge is 2.12. The molecule has 0 aliphatic rings. The number of ether oxygens (including phenoxy) is 1. The van der Waals surface area contributed by atoms with Crippen LogP contribution in [-0.2, 0) is 6.61 Å². The molecule has 1 aromatic heterocycles. The lowest BCUT2D eigenvalue weighted by Crippen LogP contribution is -2.13. The molecule has 2 aromatic carbocycles. The smallest absolute Gasteiger partial charge is 0.275 e. The topological polar surface area (TPSA) is 51.2 Å². The first-order valence-electron chi connectivity index (χ1n) is 7.72. The molecule has 1 heterocycles. The number of nitrogens with zero attached hydrogens (tertiary/aromatic N) is 1. The summed E-state index contributed by atoms with van der Waals surface area (Å²) in [5, 5.41) is 5.97. The molecule has 6 heteroatoms. The second kappa shape index (κ2) is 7.68. The minimum Gasteiger partial charge on any atom is -0.486 e. The van der Waals surface area contributed by atoms with Crippen molar-refractivity contribution in [1.82, 2.24) is 4.98 Å². The summed E-state index contributed by atoms with van der Waals surface area (Å²) in [6.45, 7) is 4.25. The lowest BCUT2D eigenvalue weighted by Gasteiger charge is -2.07. The van der Waals surface area contributed by atoms with Gasteiger partial charge in [0.25, 0.3) is 5.91 Å². The van der Waals surface area contributed by atoms with E-state index in [9.17, 15) is 4.79 Å². The van der Waals surface area contributed by atoms with Gasteiger partial charge in [-0.15, -0.1) is 11.3 Å². The summed E-state index contributed by atoms with van der Waals surface area (Å²) >= 11 is 7.33. The van der Waals surface area contributed by atoms with Gasteiger partial charge in [-0.3, -0.25) is 4.79 Å². The van der Waals surface area contributed by atoms with Gasteiger partial charge in [-0.25, -0.2) is 4.98 Å². The summed E-state index contributed by atoms with van der Waals surface area (Å²) in [6.07, 6.45) is 0. The lowest BCUT2D eigenvalue weighted by molar-refractivity contribution is 0.102. The number of hydrogen-bond donors (Lipinski definition) is 1. The molecule has 0 radical (unpaired) electrons. The SMILES string of the molecule is Cc1ccc(OCc2nc(C(=O)Nc3ccc(Cl)cc3C)cs2)cc1. The Labute approximate surface area is 155 Å². The number of rotatable bonds is 5. The largest absolute Gasteiger partial charge is 0.486 e. The molecule has 0 atom stereocenters. The summed E-state index contributed by atoms with van der Waals surface area (Å²) in [4.78, 5) is 16.7. The fourth-order valence-corrected chi connectivity index (χ4v) is 3.13. The zero-order valence-electron chi connectivity index (χ0n) is 13.9. The van der Waals surface area contributed by atoms with E-state index >= 15 is 0 Å². The maximum absolute atomic E-state index is 12.3. The van der Waals surface area contributed by atoms with Gasteiger partial charge in [0.05, 0.1) is 0 Å². The Morgan fingerprint density at radius 2 is 1.96 bits per heavy atom. The molecule has 0 bridgehead atoms. The van der Waals surface area contributed by atoms with Crippen LogP contribution in [0.5, 0.6) is 5.75 Å². The Bertz CT molecular complexity index is 891. The number of halogens is 1. The Morgan fingerprint density at radius 1 is 1.20 bits per heavy atom. The van der Waals surface area contributed by atoms with Gasteiger partial charge in [-0.1, -0.05) is 29.3 Å². The molecule has 0 aliphatic heterocycles. The van der Waals surface area contributed by atoms with Crippen molar-refractivity contribution in [1.29, 1.82) is 0 Å². The molecule has 25 heavy (non-hydrogen) atoms. The highest BCUT2D eigenvalue weighted by molar-refractivity contribution is 7.09. The molecule has 0 saturated heterocycles. The monoisotopic (exact) mass is 372 g/mol. The van der Waals surface area contributed by atoms with Gasteiger partial charge in [-0.2, -0.15) is 0 Å². The number of aryl methyl sites for hydroxylation is 2.